The van der Waals surface area contributed by atoms with Crippen LogP contribution in [0.1, 0.15) is 17.5 Å². The topological polar surface area (TPSA) is 108 Å². The molecule has 0 aromatic heterocycles. The Morgan fingerprint density at radius 2 is 2.00 bits per heavy atom. The number of hydrogen-bond donors (Lipinski definition) is 0. The summed E-state index contributed by atoms with van der Waals surface area (Å²) >= 11 is 0. The van der Waals surface area contributed by atoms with Crippen molar-refractivity contribution >= 4 is 10.4 Å². The van der Waals surface area contributed by atoms with Crippen LogP contribution in [-0.4, -0.2) is 51.0 Å². The summed E-state index contributed by atoms with van der Waals surface area (Å²) in [6.07, 6.45) is 6.46. The van der Waals surface area contributed by atoms with E-state index in [9.17, 15) is 18.2 Å². The first-order valence-corrected chi connectivity index (χ1v) is 9.92. The molecule has 0 N–H and O–H groups in total. The summed E-state index contributed by atoms with van der Waals surface area (Å²) in [5.41, 5.74) is 1.51. The number of quaternary nitrogens is 1. The molecular weight excluding hydrogens is 397 g/mol. The number of ether oxygens (including phenoxy) is 2. The van der Waals surface area contributed by atoms with Crippen molar-refractivity contribution in [2.75, 3.05) is 27.3 Å². The van der Waals surface area contributed by atoms with Crippen molar-refractivity contribution in [3.63, 3.8) is 0 Å². The molecule has 3 atom stereocenters. The second-order valence-corrected chi connectivity index (χ2v) is 8.04. The number of hydroxylamine groups is 3. The first-order valence-electron chi connectivity index (χ1n) is 8.59. The standard InChI is InChI=1S/C18H21NO7S.Na/c1-24-14-4-3-13-6-8-19(20)7-5-12-9-16(25-2)17(26-27(21,22)23)10-15(12)18(13,19)11-14;/h3-4,6,9-10,14H,5,7-8,11H2,1-2H3,(H,21,22,23);/q;+1/p-1/t14-,18-,19?;/m0./s1. The number of rotatable bonds is 4. The van der Waals surface area contributed by atoms with Gasteiger partial charge in [0.05, 0.1) is 26.3 Å². The van der Waals surface area contributed by atoms with Crippen LogP contribution in [0.3, 0.4) is 0 Å². The average Bonchev–Trinajstić information content (AvgIpc) is 2.93. The van der Waals surface area contributed by atoms with Crippen molar-refractivity contribution in [2.45, 2.75) is 24.5 Å². The number of hydrogen-bond acceptors (Lipinski definition) is 7. The minimum absolute atomic E-state index is 0. The minimum Gasteiger partial charge on any atom is -0.716 e. The summed E-state index contributed by atoms with van der Waals surface area (Å²) in [5, 5.41) is 13.8. The number of benzene rings is 1. The predicted molar refractivity (Wildman–Crippen MR) is 94.7 cm³/mol. The Labute approximate surface area is 186 Å². The van der Waals surface area contributed by atoms with Crippen LogP contribution in [0.5, 0.6) is 11.5 Å². The molecule has 1 aromatic rings. The molecule has 0 saturated carbocycles. The maximum atomic E-state index is 13.8. The van der Waals surface area contributed by atoms with E-state index in [0.29, 0.717) is 31.5 Å². The molecule has 2 heterocycles. The third-order valence-electron chi connectivity index (χ3n) is 5.84. The smallest absolute Gasteiger partial charge is 0.716 e. The van der Waals surface area contributed by atoms with Gasteiger partial charge in [0.25, 0.3) is 10.4 Å². The van der Waals surface area contributed by atoms with Gasteiger partial charge in [0, 0.05) is 31.1 Å². The zero-order valence-corrected chi connectivity index (χ0v) is 18.8. The molecule has 1 unspecified atom stereocenters. The fourth-order valence-electron chi connectivity index (χ4n) is 4.62. The SMILES string of the molecule is COc1cc2c(cc1OS(=O)(=O)[O-])[C@]13C[C@@H](OC)C=CC1=CC[N+]3([O-])CC2.[Na+]. The largest absolute Gasteiger partial charge is 1.00 e. The molecule has 4 rings (SSSR count). The van der Waals surface area contributed by atoms with E-state index in [2.05, 4.69) is 4.18 Å². The molecule has 0 amide bonds. The molecule has 0 fully saturated rings. The third-order valence-corrected chi connectivity index (χ3v) is 6.22. The van der Waals surface area contributed by atoms with E-state index in [-0.39, 0.29) is 47.2 Å². The molecule has 10 heteroatoms. The fourth-order valence-corrected chi connectivity index (χ4v) is 4.97. The molecule has 2 aliphatic heterocycles. The van der Waals surface area contributed by atoms with Gasteiger partial charge in [-0.3, -0.25) is 0 Å². The van der Waals surface area contributed by atoms with Gasteiger partial charge >= 0.3 is 29.6 Å². The van der Waals surface area contributed by atoms with Crippen molar-refractivity contribution in [1.82, 2.24) is 0 Å². The minimum atomic E-state index is -4.99. The second kappa shape index (κ2) is 7.41. The summed E-state index contributed by atoms with van der Waals surface area (Å²) in [6.45, 7) is 0.720. The van der Waals surface area contributed by atoms with Gasteiger partial charge < -0.3 is 28.1 Å². The van der Waals surface area contributed by atoms with Crippen molar-refractivity contribution in [1.29, 1.82) is 0 Å². The van der Waals surface area contributed by atoms with Gasteiger partial charge in [-0.05, 0) is 23.8 Å². The molecular formula is C18H20NNaO7S. The first kappa shape index (κ1) is 21.8. The second-order valence-electron chi connectivity index (χ2n) is 7.05. The normalized spacial score (nSPS) is 30.4. The van der Waals surface area contributed by atoms with Crippen LogP contribution < -0.4 is 38.5 Å². The summed E-state index contributed by atoms with van der Waals surface area (Å²) in [6, 6.07) is 3.13. The van der Waals surface area contributed by atoms with Crippen LogP contribution in [0.2, 0.25) is 0 Å². The fraction of sp³-hybridized carbons (Fsp3) is 0.444. The maximum Gasteiger partial charge on any atom is 1.00 e. The van der Waals surface area contributed by atoms with Gasteiger partial charge in [0.2, 0.25) is 0 Å². The molecule has 3 aliphatic rings. The zero-order valence-electron chi connectivity index (χ0n) is 16.0. The summed E-state index contributed by atoms with van der Waals surface area (Å²) in [7, 11) is -2.03. The van der Waals surface area contributed by atoms with Crippen LogP contribution in [-0.2, 0) is 27.1 Å². The van der Waals surface area contributed by atoms with Crippen LogP contribution in [0.15, 0.2) is 35.9 Å². The molecule has 146 valence electrons. The predicted octanol–water partition coefficient (Wildman–Crippen LogP) is -1.48. The van der Waals surface area contributed by atoms with Crippen molar-refractivity contribution < 1.29 is 60.8 Å². The molecule has 0 saturated heterocycles. The maximum absolute atomic E-state index is 13.8. The average molecular weight is 417 g/mol. The zero-order chi connectivity index (χ0) is 19.4. The van der Waals surface area contributed by atoms with E-state index in [4.69, 9.17) is 9.47 Å². The van der Waals surface area contributed by atoms with Crippen LogP contribution in [0.25, 0.3) is 0 Å². The van der Waals surface area contributed by atoms with Crippen molar-refractivity contribution in [3.05, 3.63) is 52.3 Å². The molecule has 8 nitrogen and oxygen atoms in total. The quantitative estimate of drug-likeness (QED) is 0.193. The molecule has 1 aromatic carbocycles. The van der Waals surface area contributed by atoms with Crippen molar-refractivity contribution in [3.8, 4) is 11.5 Å². The Bertz CT molecular complexity index is 961. The van der Waals surface area contributed by atoms with E-state index >= 15 is 0 Å². The van der Waals surface area contributed by atoms with E-state index in [1.165, 1.54) is 13.2 Å². The summed E-state index contributed by atoms with van der Waals surface area (Å²) < 4.78 is 48.3. The Morgan fingerprint density at radius 3 is 2.64 bits per heavy atom. The molecule has 28 heavy (non-hydrogen) atoms. The first-order chi connectivity index (χ1) is 12.7. The summed E-state index contributed by atoms with van der Waals surface area (Å²) in [5.74, 6) is -0.0579. The van der Waals surface area contributed by atoms with Gasteiger partial charge in [-0.25, -0.2) is 8.42 Å². The Morgan fingerprint density at radius 1 is 1.25 bits per heavy atom. The van der Waals surface area contributed by atoms with Crippen LogP contribution >= 0.6 is 0 Å². The van der Waals surface area contributed by atoms with Crippen LogP contribution in [0.4, 0.5) is 0 Å². The van der Waals surface area contributed by atoms with E-state index in [1.54, 1.807) is 13.2 Å². The molecule has 1 spiro atoms. The van der Waals surface area contributed by atoms with Crippen LogP contribution in [0, 0.1) is 5.21 Å². The molecule has 1 aliphatic carbocycles. The van der Waals surface area contributed by atoms with Gasteiger partial charge in [-0.2, -0.15) is 0 Å². The molecule has 0 radical (unpaired) electrons. The van der Waals surface area contributed by atoms with E-state index in [1.807, 2.05) is 18.2 Å². The number of fused-ring (bicyclic) bond motifs is 1. The summed E-state index contributed by atoms with van der Waals surface area (Å²) in [4.78, 5) is 0. The molecule has 0 bridgehead atoms. The third kappa shape index (κ3) is 3.23. The Kier molecular flexibility index (Phi) is 5.76. The van der Waals surface area contributed by atoms with Gasteiger partial charge in [-0.15, -0.1) is 0 Å². The van der Waals surface area contributed by atoms with Gasteiger partial charge in [-0.1, -0.05) is 12.2 Å². The number of nitrogens with zero attached hydrogens (tertiary/aromatic N) is 1. The van der Waals surface area contributed by atoms with E-state index in [0.717, 1.165) is 11.1 Å². The Hall–Kier alpha value is -0.910. The number of methoxy groups -OCH3 is 2. The Balaban J connectivity index is 0.00000225. The van der Waals surface area contributed by atoms with E-state index < -0.39 is 20.6 Å². The monoisotopic (exact) mass is 417 g/mol. The van der Waals surface area contributed by atoms with Gasteiger partial charge in [0.1, 0.15) is 0 Å². The van der Waals surface area contributed by atoms with Crippen molar-refractivity contribution in [2.24, 2.45) is 0 Å². The van der Waals surface area contributed by atoms with Gasteiger partial charge in [0.15, 0.2) is 17.0 Å².